The number of nitrogens with one attached hydrogen (secondary N) is 1. The number of halogens is 3. The van der Waals surface area contributed by atoms with Gasteiger partial charge < -0.3 is 5.11 Å². The SMILES string of the molecule is Cc1cccnc1[C@@H](NS(=O)C(C)(C)C)c1cc2cccc(-c3cc([C@@](C)(O)C(F)(F)F)ccn3)c2s1. The van der Waals surface area contributed by atoms with Crippen LogP contribution in [0.5, 0.6) is 0 Å². The molecule has 0 saturated heterocycles. The van der Waals surface area contributed by atoms with Crippen LogP contribution in [0.25, 0.3) is 21.3 Å². The number of hydrogen-bond donors (Lipinski definition) is 2. The minimum atomic E-state index is -4.84. The number of nitrogens with zero attached hydrogens (tertiary/aromatic N) is 2. The van der Waals surface area contributed by atoms with Gasteiger partial charge in [-0.25, -0.2) is 8.93 Å². The van der Waals surface area contributed by atoms with Crippen LogP contribution in [0.2, 0.25) is 0 Å². The second-order valence-electron chi connectivity index (χ2n) is 10.0. The van der Waals surface area contributed by atoms with Crippen molar-refractivity contribution in [3.05, 3.63) is 82.6 Å². The fourth-order valence-electron chi connectivity index (χ4n) is 3.80. The molecule has 0 fully saturated rings. The summed E-state index contributed by atoms with van der Waals surface area (Å²) >= 11 is 1.44. The van der Waals surface area contributed by atoms with Crippen LogP contribution in [0, 0.1) is 6.92 Å². The number of aryl methyl sites for hydroxylation is 1. The van der Waals surface area contributed by atoms with Crippen LogP contribution >= 0.6 is 11.3 Å². The van der Waals surface area contributed by atoms with Crippen LogP contribution in [-0.2, 0) is 16.6 Å². The highest BCUT2D eigenvalue weighted by Crippen LogP contribution is 2.42. The van der Waals surface area contributed by atoms with Gasteiger partial charge in [-0.15, -0.1) is 11.3 Å². The lowest BCUT2D eigenvalue weighted by molar-refractivity contribution is -0.258. The van der Waals surface area contributed by atoms with Crippen LogP contribution < -0.4 is 4.72 Å². The van der Waals surface area contributed by atoms with Gasteiger partial charge in [0.05, 0.1) is 33.2 Å². The summed E-state index contributed by atoms with van der Waals surface area (Å²) in [4.78, 5) is 9.74. The summed E-state index contributed by atoms with van der Waals surface area (Å²) in [7, 11) is -1.39. The first-order valence-electron chi connectivity index (χ1n) is 11.6. The number of thiophene rings is 1. The first-order valence-corrected chi connectivity index (χ1v) is 13.5. The van der Waals surface area contributed by atoms with Crippen molar-refractivity contribution in [1.82, 2.24) is 14.7 Å². The average Bonchev–Trinajstić information content (AvgIpc) is 3.26. The maximum absolute atomic E-state index is 13.5. The van der Waals surface area contributed by atoms with Gasteiger partial charge in [0.2, 0.25) is 0 Å². The number of aliphatic hydroxyl groups is 1. The van der Waals surface area contributed by atoms with Crippen LogP contribution in [0.3, 0.4) is 0 Å². The van der Waals surface area contributed by atoms with Crippen molar-refractivity contribution >= 4 is 32.4 Å². The maximum atomic E-state index is 13.5. The molecule has 196 valence electrons. The highest BCUT2D eigenvalue weighted by atomic mass is 32.2. The molecule has 0 amide bonds. The predicted octanol–water partition coefficient (Wildman–Crippen LogP) is 6.58. The van der Waals surface area contributed by atoms with E-state index in [0.29, 0.717) is 11.3 Å². The van der Waals surface area contributed by atoms with E-state index in [2.05, 4.69) is 14.7 Å². The summed E-state index contributed by atoms with van der Waals surface area (Å²) in [5, 5.41) is 11.1. The lowest BCUT2D eigenvalue weighted by Gasteiger charge is -2.26. The molecule has 1 unspecified atom stereocenters. The Kier molecular flexibility index (Phi) is 7.33. The Hall–Kier alpha value is -2.66. The van der Waals surface area contributed by atoms with Gasteiger partial charge in [-0.2, -0.15) is 13.2 Å². The molecule has 2 N–H and O–H groups in total. The van der Waals surface area contributed by atoms with E-state index in [9.17, 15) is 22.5 Å². The van der Waals surface area contributed by atoms with E-state index in [1.165, 1.54) is 29.7 Å². The topological polar surface area (TPSA) is 75.1 Å². The second-order valence-corrected chi connectivity index (χ2v) is 13.1. The zero-order chi connectivity index (χ0) is 27.2. The van der Waals surface area contributed by atoms with E-state index >= 15 is 0 Å². The van der Waals surface area contributed by atoms with E-state index in [0.717, 1.165) is 33.1 Å². The van der Waals surface area contributed by atoms with Crippen molar-refractivity contribution in [2.45, 2.75) is 57.2 Å². The quantitative estimate of drug-likeness (QED) is 0.286. The van der Waals surface area contributed by atoms with Gasteiger partial charge >= 0.3 is 6.18 Å². The van der Waals surface area contributed by atoms with Crippen LogP contribution in [0.15, 0.2) is 60.9 Å². The average molecular weight is 548 g/mol. The Labute approximate surface area is 220 Å². The summed E-state index contributed by atoms with van der Waals surface area (Å²) in [5.74, 6) is 0. The third kappa shape index (κ3) is 5.47. The van der Waals surface area contributed by atoms with E-state index < -0.39 is 33.6 Å². The van der Waals surface area contributed by atoms with Gasteiger partial charge in [0.1, 0.15) is 0 Å². The van der Waals surface area contributed by atoms with E-state index in [1.54, 1.807) is 12.3 Å². The van der Waals surface area contributed by atoms with Crippen LogP contribution in [0.1, 0.15) is 55.4 Å². The molecule has 3 aromatic heterocycles. The number of alkyl halides is 3. The number of rotatable bonds is 6. The van der Waals surface area contributed by atoms with Crippen molar-refractivity contribution in [1.29, 1.82) is 0 Å². The molecule has 3 atom stereocenters. The highest BCUT2D eigenvalue weighted by molar-refractivity contribution is 7.84. The molecule has 3 heterocycles. The fraction of sp³-hybridized carbons (Fsp3) is 0.333. The number of fused-ring (bicyclic) bond motifs is 1. The molecule has 37 heavy (non-hydrogen) atoms. The summed E-state index contributed by atoms with van der Waals surface area (Å²) in [6.45, 7) is 8.33. The number of benzene rings is 1. The number of pyridine rings is 2. The van der Waals surface area contributed by atoms with Gasteiger partial charge in [-0.3, -0.25) is 9.97 Å². The molecule has 0 aliphatic carbocycles. The molecule has 4 aromatic rings. The van der Waals surface area contributed by atoms with Crippen molar-refractivity contribution in [3.63, 3.8) is 0 Å². The largest absolute Gasteiger partial charge is 0.421 e. The summed E-state index contributed by atoms with van der Waals surface area (Å²) < 4.78 is 57.1. The van der Waals surface area contributed by atoms with Crippen molar-refractivity contribution < 1.29 is 22.5 Å². The lowest BCUT2D eigenvalue weighted by atomic mass is 9.94. The van der Waals surface area contributed by atoms with Gasteiger partial charge in [-0.1, -0.05) is 24.3 Å². The molecule has 10 heteroatoms. The van der Waals surface area contributed by atoms with Gasteiger partial charge in [0.25, 0.3) is 0 Å². The predicted molar refractivity (Wildman–Crippen MR) is 143 cm³/mol. The zero-order valence-electron chi connectivity index (χ0n) is 21.1. The number of hydrogen-bond acceptors (Lipinski definition) is 5. The molecular weight excluding hydrogens is 519 g/mol. The smallest absolute Gasteiger partial charge is 0.376 e. The first-order chi connectivity index (χ1) is 17.2. The van der Waals surface area contributed by atoms with Crippen molar-refractivity contribution in [3.8, 4) is 11.3 Å². The summed E-state index contributed by atoms with van der Waals surface area (Å²) in [6, 6.07) is 13.3. The molecule has 0 aliphatic heterocycles. The second kappa shape index (κ2) is 9.90. The van der Waals surface area contributed by atoms with Gasteiger partial charge in [-0.05, 0) is 75.4 Å². The zero-order valence-corrected chi connectivity index (χ0v) is 22.7. The Morgan fingerprint density at radius 3 is 2.38 bits per heavy atom. The van der Waals surface area contributed by atoms with Gasteiger partial charge in [0.15, 0.2) is 5.60 Å². The molecule has 5 nitrogen and oxygen atoms in total. The molecule has 0 radical (unpaired) electrons. The van der Waals surface area contributed by atoms with E-state index in [-0.39, 0.29) is 5.56 Å². The molecule has 0 bridgehead atoms. The summed E-state index contributed by atoms with van der Waals surface area (Å²) in [5.41, 5.74) is -0.661. The third-order valence-electron chi connectivity index (χ3n) is 6.10. The molecule has 4 rings (SSSR count). The molecule has 0 aliphatic rings. The van der Waals surface area contributed by atoms with Crippen LogP contribution in [0.4, 0.5) is 13.2 Å². The van der Waals surface area contributed by atoms with E-state index in [1.807, 2.05) is 58.0 Å². The lowest BCUT2D eigenvalue weighted by Crippen LogP contribution is -2.39. The Morgan fingerprint density at radius 2 is 1.73 bits per heavy atom. The summed E-state index contributed by atoms with van der Waals surface area (Å²) in [6.07, 6.45) is -1.88. The highest BCUT2D eigenvalue weighted by Gasteiger charge is 2.51. The normalized spacial score (nSPS) is 15.9. The minimum absolute atomic E-state index is 0.289. The Bertz CT molecular complexity index is 1460. The third-order valence-corrected chi connectivity index (χ3v) is 8.91. The maximum Gasteiger partial charge on any atom is 0.421 e. The molecule has 0 saturated carbocycles. The Balaban J connectivity index is 1.84. The molecule has 1 aromatic carbocycles. The standard InChI is InChI=1S/C27H28F3N3O2S2/c1-16-8-7-12-32-22(16)23(33-37(35)25(2,3)4)21-14-17-9-6-10-19(24(17)36-21)20-15-18(11-13-31-20)26(5,34)27(28,29)30/h6-15,23,33-34H,1-5H3/t23-,26+,37?/m0/s1. The first kappa shape index (κ1) is 27.4. The van der Waals surface area contributed by atoms with Crippen molar-refractivity contribution in [2.24, 2.45) is 0 Å². The van der Waals surface area contributed by atoms with Gasteiger partial charge in [0, 0.05) is 27.5 Å². The molecular formula is C27H28F3N3O2S2. The van der Waals surface area contributed by atoms with Crippen molar-refractivity contribution in [2.75, 3.05) is 0 Å². The van der Waals surface area contributed by atoms with E-state index in [4.69, 9.17) is 0 Å². The monoisotopic (exact) mass is 547 g/mol. The van der Waals surface area contributed by atoms with Crippen LogP contribution in [-0.4, -0.2) is 30.2 Å². The Morgan fingerprint density at radius 1 is 1.00 bits per heavy atom. The number of aromatic nitrogens is 2. The minimum Gasteiger partial charge on any atom is -0.376 e. The fourth-order valence-corrected chi connectivity index (χ4v) is 5.92. The molecule has 0 spiro atoms.